The molecule has 0 saturated carbocycles. The third-order valence-corrected chi connectivity index (χ3v) is 2.24. The van der Waals surface area contributed by atoms with Gasteiger partial charge in [0.05, 0.1) is 24.3 Å². The summed E-state index contributed by atoms with van der Waals surface area (Å²) in [5.74, 6) is 0. The van der Waals surface area contributed by atoms with Gasteiger partial charge in [0.15, 0.2) is 0 Å². The fourth-order valence-electron chi connectivity index (χ4n) is 1.39. The van der Waals surface area contributed by atoms with Crippen LogP contribution in [0.3, 0.4) is 0 Å². The Hall–Kier alpha value is -0.420. The molecule has 0 aromatic heterocycles. The first-order valence-electron chi connectivity index (χ1n) is 3.95. The van der Waals surface area contributed by atoms with Crippen molar-refractivity contribution in [2.75, 3.05) is 14.2 Å². The van der Waals surface area contributed by atoms with E-state index in [4.69, 9.17) is 20.9 Å². The minimum absolute atomic E-state index is 0.0913. The molecule has 1 aliphatic rings. The van der Waals surface area contributed by atoms with E-state index in [-0.39, 0.29) is 24.3 Å². The van der Waals surface area contributed by atoms with Gasteiger partial charge in [0.1, 0.15) is 0 Å². The van der Waals surface area contributed by atoms with Crippen LogP contribution in [0.25, 0.3) is 0 Å². The highest BCUT2D eigenvalue weighted by atomic mass is 16.5. The summed E-state index contributed by atoms with van der Waals surface area (Å²) in [4.78, 5) is 0. The van der Waals surface area contributed by atoms with Gasteiger partial charge in [0, 0.05) is 14.2 Å². The van der Waals surface area contributed by atoms with Gasteiger partial charge in [0.25, 0.3) is 0 Å². The van der Waals surface area contributed by atoms with Gasteiger partial charge >= 0.3 is 0 Å². The Balaban J connectivity index is 2.68. The molecular weight excluding hydrogens is 156 g/mol. The molecule has 4 atom stereocenters. The summed E-state index contributed by atoms with van der Waals surface area (Å²) in [7, 11) is 3.24. The molecule has 0 aromatic rings. The lowest BCUT2D eigenvalue weighted by Gasteiger charge is -2.33. The second kappa shape index (κ2) is 4.00. The zero-order valence-electron chi connectivity index (χ0n) is 7.44. The second-order valence-corrected chi connectivity index (χ2v) is 2.94. The van der Waals surface area contributed by atoms with Crippen molar-refractivity contribution in [2.45, 2.75) is 24.3 Å². The van der Waals surface area contributed by atoms with Crippen molar-refractivity contribution in [3.8, 4) is 0 Å². The van der Waals surface area contributed by atoms with Gasteiger partial charge in [-0.2, -0.15) is 0 Å². The highest BCUT2D eigenvalue weighted by Crippen LogP contribution is 2.14. The Bertz CT molecular complexity index is 154. The third kappa shape index (κ3) is 1.67. The van der Waals surface area contributed by atoms with E-state index in [9.17, 15) is 0 Å². The average molecular weight is 172 g/mol. The fraction of sp³-hybridized carbons (Fsp3) is 0.750. The van der Waals surface area contributed by atoms with Crippen molar-refractivity contribution in [3.05, 3.63) is 12.2 Å². The van der Waals surface area contributed by atoms with Crippen LogP contribution in [0.2, 0.25) is 0 Å². The lowest BCUT2D eigenvalue weighted by atomic mass is 9.92. The van der Waals surface area contributed by atoms with E-state index in [2.05, 4.69) is 0 Å². The molecule has 0 radical (unpaired) electrons. The van der Waals surface area contributed by atoms with Gasteiger partial charge in [-0.1, -0.05) is 12.2 Å². The molecule has 0 unspecified atom stereocenters. The molecule has 4 heteroatoms. The molecule has 0 bridgehead atoms. The molecule has 0 spiro atoms. The van der Waals surface area contributed by atoms with Crippen molar-refractivity contribution in [3.63, 3.8) is 0 Å². The molecule has 4 N–H and O–H groups in total. The zero-order valence-corrected chi connectivity index (χ0v) is 7.44. The highest BCUT2D eigenvalue weighted by molar-refractivity contribution is 5.11. The predicted octanol–water partition coefficient (Wildman–Crippen LogP) is -0.759. The first-order valence-corrected chi connectivity index (χ1v) is 3.95. The van der Waals surface area contributed by atoms with Crippen LogP contribution in [-0.2, 0) is 9.47 Å². The molecule has 0 amide bonds. The Morgan fingerprint density at radius 1 is 0.917 bits per heavy atom. The Morgan fingerprint density at radius 3 is 1.50 bits per heavy atom. The summed E-state index contributed by atoms with van der Waals surface area (Å²) < 4.78 is 10.2. The van der Waals surface area contributed by atoms with Gasteiger partial charge in [-0.3, -0.25) is 0 Å². The van der Waals surface area contributed by atoms with Gasteiger partial charge in [0.2, 0.25) is 0 Å². The van der Waals surface area contributed by atoms with E-state index in [0.717, 1.165) is 0 Å². The minimum atomic E-state index is -0.190. The Labute approximate surface area is 72.5 Å². The SMILES string of the molecule is CO[C@H]1C=C[C@@H](OC)[C@H](N)[C@H]1N. The molecule has 0 aliphatic heterocycles. The summed E-state index contributed by atoms with van der Waals surface area (Å²) in [6.07, 6.45) is 3.60. The van der Waals surface area contributed by atoms with Crippen molar-refractivity contribution < 1.29 is 9.47 Å². The molecule has 0 heterocycles. The predicted molar refractivity (Wildman–Crippen MR) is 46.7 cm³/mol. The molecule has 70 valence electrons. The largest absolute Gasteiger partial charge is 0.376 e. The van der Waals surface area contributed by atoms with Crippen LogP contribution in [0.1, 0.15) is 0 Å². The lowest BCUT2D eigenvalue weighted by molar-refractivity contribution is 0.0510. The van der Waals surface area contributed by atoms with Crippen LogP contribution in [-0.4, -0.2) is 38.5 Å². The maximum Gasteiger partial charge on any atom is 0.0920 e. The molecule has 1 rings (SSSR count). The van der Waals surface area contributed by atoms with Crippen LogP contribution >= 0.6 is 0 Å². The topological polar surface area (TPSA) is 70.5 Å². The molecule has 0 fully saturated rings. The molecule has 1 aliphatic carbocycles. The monoisotopic (exact) mass is 172 g/mol. The van der Waals surface area contributed by atoms with Crippen molar-refractivity contribution >= 4 is 0 Å². The van der Waals surface area contributed by atoms with Crippen LogP contribution in [0.5, 0.6) is 0 Å². The summed E-state index contributed by atoms with van der Waals surface area (Å²) in [6, 6.07) is -0.380. The quantitative estimate of drug-likeness (QED) is 0.537. The van der Waals surface area contributed by atoms with Gasteiger partial charge < -0.3 is 20.9 Å². The lowest BCUT2D eigenvalue weighted by Crippen LogP contribution is -2.57. The molecule has 4 nitrogen and oxygen atoms in total. The smallest absolute Gasteiger partial charge is 0.0920 e. The van der Waals surface area contributed by atoms with Crippen LogP contribution in [0, 0.1) is 0 Å². The number of nitrogens with two attached hydrogens (primary N) is 2. The maximum absolute atomic E-state index is 5.82. The van der Waals surface area contributed by atoms with Gasteiger partial charge in [-0.05, 0) is 0 Å². The van der Waals surface area contributed by atoms with Crippen molar-refractivity contribution in [1.82, 2.24) is 0 Å². The number of hydrogen-bond acceptors (Lipinski definition) is 4. The molecular formula is C8H16N2O2. The highest BCUT2D eigenvalue weighted by Gasteiger charge is 2.31. The number of ether oxygens (including phenoxy) is 2. The molecule has 0 aromatic carbocycles. The van der Waals surface area contributed by atoms with Crippen molar-refractivity contribution in [2.24, 2.45) is 11.5 Å². The van der Waals surface area contributed by atoms with E-state index in [1.165, 1.54) is 0 Å². The third-order valence-electron chi connectivity index (χ3n) is 2.24. The van der Waals surface area contributed by atoms with Crippen LogP contribution in [0.15, 0.2) is 12.2 Å². The summed E-state index contributed by atoms with van der Waals surface area (Å²) in [6.45, 7) is 0. The summed E-state index contributed by atoms with van der Waals surface area (Å²) in [5.41, 5.74) is 11.6. The van der Waals surface area contributed by atoms with E-state index in [1.54, 1.807) is 14.2 Å². The Morgan fingerprint density at radius 2 is 1.25 bits per heavy atom. The summed E-state index contributed by atoms with van der Waals surface area (Å²) >= 11 is 0. The summed E-state index contributed by atoms with van der Waals surface area (Å²) in [5, 5.41) is 0. The van der Waals surface area contributed by atoms with Crippen LogP contribution in [0.4, 0.5) is 0 Å². The number of rotatable bonds is 2. The van der Waals surface area contributed by atoms with E-state index in [1.807, 2.05) is 12.2 Å². The van der Waals surface area contributed by atoms with Gasteiger partial charge in [-0.15, -0.1) is 0 Å². The van der Waals surface area contributed by atoms with E-state index < -0.39 is 0 Å². The first-order chi connectivity index (χ1) is 5.70. The Kier molecular flexibility index (Phi) is 3.22. The first kappa shape index (κ1) is 9.67. The number of hydrogen-bond donors (Lipinski definition) is 2. The molecule has 0 saturated heterocycles. The molecule has 12 heavy (non-hydrogen) atoms. The van der Waals surface area contributed by atoms with E-state index >= 15 is 0 Å². The van der Waals surface area contributed by atoms with Crippen molar-refractivity contribution in [1.29, 1.82) is 0 Å². The van der Waals surface area contributed by atoms with Gasteiger partial charge in [-0.25, -0.2) is 0 Å². The van der Waals surface area contributed by atoms with Crippen LogP contribution < -0.4 is 11.5 Å². The second-order valence-electron chi connectivity index (χ2n) is 2.94. The fourth-order valence-corrected chi connectivity index (χ4v) is 1.39. The normalized spacial score (nSPS) is 41.7. The maximum atomic E-state index is 5.82. The number of methoxy groups -OCH3 is 2. The zero-order chi connectivity index (χ0) is 9.14. The van der Waals surface area contributed by atoms with E-state index in [0.29, 0.717) is 0 Å². The average Bonchev–Trinajstić information content (AvgIpc) is 2.10. The minimum Gasteiger partial charge on any atom is -0.376 e. The standard InChI is InChI=1S/C8H16N2O2/c1-11-5-3-4-6(12-2)8(10)7(5)9/h3-8H,9-10H2,1-2H3/t5-,6+,7-,8-/m0/s1.